The summed E-state index contributed by atoms with van der Waals surface area (Å²) in [4.78, 5) is 0. The molecular formula is C19H35KSi2. The molecule has 0 saturated carbocycles. The Morgan fingerprint density at radius 2 is 0.909 bits per heavy atom. The van der Waals surface area contributed by atoms with Crippen LogP contribution in [0, 0.1) is 6.92 Å². The van der Waals surface area contributed by atoms with Crippen LogP contribution in [0.25, 0.3) is 0 Å². The molecule has 0 unspecified atom stereocenters. The first-order valence-corrected chi connectivity index (χ1v) is 14.2. The van der Waals surface area contributed by atoms with Gasteiger partial charge in [0.1, 0.15) is 0 Å². The van der Waals surface area contributed by atoms with Gasteiger partial charge in [-0.2, -0.15) is 24.6 Å². The average Bonchev–Trinajstić information content (AvgIpc) is 2.52. The summed E-state index contributed by atoms with van der Waals surface area (Å²) in [7, 11) is -2.58. The van der Waals surface area contributed by atoms with Crippen LogP contribution >= 0.6 is 0 Å². The van der Waals surface area contributed by atoms with Crippen molar-refractivity contribution in [3.05, 3.63) is 30.7 Å². The van der Waals surface area contributed by atoms with Crippen LogP contribution in [0.2, 0.25) is 36.3 Å². The third-order valence-electron chi connectivity index (χ3n) is 6.28. The predicted octanol–water partition coefficient (Wildman–Crippen LogP) is 2.30. The van der Waals surface area contributed by atoms with Crippen LogP contribution in [0.15, 0.2) is 18.2 Å². The zero-order chi connectivity index (χ0) is 16.1. The Bertz CT molecular complexity index is 394. The summed E-state index contributed by atoms with van der Waals surface area (Å²) >= 11 is 0. The van der Waals surface area contributed by atoms with E-state index in [-0.39, 0.29) is 51.4 Å². The van der Waals surface area contributed by atoms with Crippen molar-refractivity contribution in [2.75, 3.05) is 0 Å². The standard InChI is InChI=1S/C19H35Si2.K/c1-8-20(9-2,10-3)18-14-17(7)15-19(16-18)21(11-4,12-5)13-6;/h14-16H,7-13H2,1-6H3;/q-1;+1. The molecule has 22 heavy (non-hydrogen) atoms. The monoisotopic (exact) mass is 358 g/mol. The molecule has 0 bridgehead atoms. The third-order valence-corrected chi connectivity index (χ3v) is 17.4. The Morgan fingerprint density at radius 3 is 1.14 bits per heavy atom. The maximum absolute atomic E-state index is 4.32. The largest absolute Gasteiger partial charge is 1.00 e. The van der Waals surface area contributed by atoms with Gasteiger partial charge < -0.3 is 0 Å². The van der Waals surface area contributed by atoms with Crippen molar-refractivity contribution >= 4 is 26.5 Å². The molecule has 0 aliphatic rings. The molecule has 0 atom stereocenters. The molecule has 0 aromatic heterocycles. The molecule has 0 radical (unpaired) electrons. The van der Waals surface area contributed by atoms with Gasteiger partial charge in [-0.3, -0.25) is 0 Å². The van der Waals surface area contributed by atoms with Crippen LogP contribution in [-0.2, 0) is 0 Å². The van der Waals surface area contributed by atoms with Crippen LogP contribution in [0.5, 0.6) is 0 Å². The Kier molecular flexibility index (Phi) is 10.8. The second-order valence-electron chi connectivity index (χ2n) is 6.60. The molecule has 0 saturated heterocycles. The molecule has 0 fully saturated rings. The van der Waals surface area contributed by atoms with Crippen molar-refractivity contribution in [3.63, 3.8) is 0 Å². The maximum Gasteiger partial charge on any atom is 1.00 e. The SMILES string of the molecule is [CH2-]c1cc([Si](CC)(CC)CC)cc([Si](CC)(CC)CC)c1.[K+]. The van der Waals surface area contributed by atoms with Gasteiger partial charge in [0.2, 0.25) is 0 Å². The molecule has 0 nitrogen and oxygen atoms in total. The summed E-state index contributed by atoms with van der Waals surface area (Å²) in [6.07, 6.45) is 0. The van der Waals surface area contributed by atoms with Gasteiger partial charge >= 0.3 is 51.4 Å². The molecule has 1 aromatic carbocycles. The van der Waals surface area contributed by atoms with Crippen LogP contribution in [0.3, 0.4) is 0 Å². The summed E-state index contributed by atoms with van der Waals surface area (Å²) in [6, 6.07) is 15.6. The van der Waals surface area contributed by atoms with E-state index in [4.69, 9.17) is 0 Å². The average molecular weight is 359 g/mol. The van der Waals surface area contributed by atoms with E-state index in [1.807, 2.05) is 0 Å². The number of rotatable bonds is 8. The van der Waals surface area contributed by atoms with Crippen molar-refractivity contribution in [2.24, 2.45) is 0 Å². The quantitative estimate of drug-likeness (QED) is 0.494. The van der Waals surface area contributed by atoms with E-state index in [0.717, 1.165) is 0 Å². The fourth-order valence-electron chi connectivity index (χ4n) is 4.03. The van der Waals surface area contributed by atoms with E-state index in [1.165, 1.54) is 41.8 Å². The zero-order valence-corrected chi connectivity index (χ0v) is 21.3. The molecule has 3 heteroatoms. The van der Waals surface area contributed by atoms with Crippen LogP contribution in [-0.4, -0.2) is 16.1 Å². The minimum absolute atomic E-state index is 0. The van der Waals surface area contributed by atoms with Crippen molar-refractivity contribution in [1.29, 1.82) is 0 Å². The van der Waals surface area contributed by atoms with Gasteiger partial charge in [0, 0.05) is 0 Å². The van der Waals surface area contributed by atoms with E-state index in [1.54, 1.807) is 10.4 Å². The zero-order valence-electron chi connectivity index (χ0n) is 16.2. The van der Waals surface area contributed by atoms with E-state index >= 15 is 0 Å². The third kappa shape index (κ3) is 4.62. The molecule has 1 rings (SSSR count). The minimum atomic E-state index is -1.29. The molecule has 0 aliphatic carbocycles. The van der Waals surface area contributed by atoms with E-state index < -0.39 is 16.1 Å². The normalized spacial score (nSPS) is 12.1. The molecule has 0 heterocycles. The fraction of sp³-hybridized carbons (Fsp3) is 0.632. The molecule has 120 valence electrons. The Hall–Kier alpha value is 1.16. The smallest absolute Gasteiger partial charge is 0.199 e. The van der Waals surface area contributed by atoms with Crippen molar-refractivity contribution in [3.8, 4) is 0 Å². The van der Waals surface area contributed by atoms with Crippen molar-refractivity contribution in [2.45, 2.75) is 77.8 Å². The molecular weight excluding hydrogens is 323 g/mol. The van der Waals surface area contributed by atoms with Crippen LogP contribution < -0.4 is 61.8 Å². The van der Waals surface area contributed by atoms with Crippen molar-refractivity contribution < 1.29 is 51.4 Å². The minimum Gasteiger partial charge on any atom is -0.199 e. The summed E-state index contributed by atoms with van der Waals surface area (Å²) in [5.41, 5.74) is 1.25. The number of benzene rings is 1. The molecule has 0 N–H and O–H groups in total. The first-order chi connectivity index (χ1) is 9.97. The summed E-state index contributed by atoms with van der Waals surface area (Å²) in [5.74, 6) is 0. The topological polar surface area (TPSA) is 0 Å². The molecule has 0 aliphatic heterocycles. The fourth-order valence-corrected chi connectivity index (χ4v) is 11.5. The Labute approximate surface area is 184 Å². The van der Waals surface area contributed by atoms with Gasteiger partial charge in [0.05, 0.1) is 16.1 Å². The summed E-state index contributed by atoms with van der Waals surface area (Å²) in [5, 5.41) is 3.37. The number of hydrogen-bond donors (Lipinski definition) is 0. The summed E-state index contributed by atoms with van der Waals surface area (Å²) in [6.45, 7) is 18.7. The van der Waals surface area contributed by atoms with E-state index in [0.29, 0.717) is 0 Å². The van der Waals surface area contributed by atoms with E-state index in [9.17, 15) is 0 Å². The molecule has 0 amide bonds. The Morgan fingerprint density at radius 1 is 0.636 bits per heavy atom. The second kappa shape index (κ2) is 10.2. The molecule has 0 spiro atoms. The van der Waals surface area contributed by atoms with Gasteiger partial charge in [-0.1, -0.05) is 83.9 Å². The van der Waals surface area contributed by atoms with Gasteiger partial charge in [0.25, 0.3) is 0 Å². The molecule has 1 aromatic rings. The van der Waals surface area contributed by atoms with Crippen LogP contribution in [0.1, 0.15) is 47.1 Å². The second-order valence-corrected chi connectivity index (χ2v) is 17.1. The van der Waals surface area contributed by atoms with Gasteiger partial charge in [0.15, 0.2) is 0 Å². The Balaban J connectivity index is 0.00000441. The first-order valence-electron chi connectivity index (χ1n) is 8.95. The van der Waals surface area contributed by atoms with Gasteiger partial charge in [-0.05, 0) is 0 Å². The summed E-state index contributed by atoms with van der Waals surface area (Å²) < 4.78 is 0. The number of hydrogen-bond acceptors (Lipinski definition) is 0. The van der Waals surface area contributed by atoms with E-state index in [2.05, 4.69) is 66.7 Å². The predicted molar refractivity (Wildman–Crippen MR) is 105 cm³/mol. The van der Waals surface area contributed by atoms with Crippen molar-refractivity contribution in [1.82, 2.24) is 0 Å². The van der Waals surface area contributed by atoms with Gasteiger partial charge in [-0.15, -0.1) is 10.4 Å². The van der Waals surface area contributed by atoms with Gasteiger partial charge in [-0.25, -0.2) is 0 Å². The first kappa shape index (κ1) is 23.2. The van der Waals surface area contributed by atoms with Crippen LogP contribution in [0.4, 0.5) is 0 Å². The maximum atomic E-state index is 4.32.